The van der Waals surface area contributed by atoms with Gasteiger partial charge in [-0.25, -0.2) is 4.39 Å². The van der Waals surface area contributed by atoms with Crippen molar-refractivity contribution in [3.05, 3.63) is 32.5 Å². The molecule has 0 aromatic heterocycles. The highest BCUT2D eigenvalue weighted by molar-refractivity contribution is 9.10. The van der Waals surface area contributed by atoms with Crippen molar-refractivity contribution in [3.63, 3.8) is 0 Å². The standard InChI is InChI=1S/C11H12BrFN2O2/c1-6(7-2-3-7)14-10-4-8(12)9(13)5-11(10)15(16)17/h4-7,14H,2-3H2,1H3. The molecule has 1 aromatic rings. The molecule has 4 nitrogen and oxygen atoms in total. The Bertz CT molecular complexity index is 463. The number of rotatable bonds is 4. The first-order valence-corrected chi connectivity index (χ1v) is 6.18. The molecule has 92 valence electrons. The van der Waals surface area contributed by atoms with Gasteiger partial charge in [-0.3, -0.25) is 10.1 Å². The summed E-state index contributed by atoms with van der Waals surface area (Å²) in [7, 11) is 0. The lowest BCUT2D eigenvalue weighted by Crippen LogP contribution is -2.18. The van der Waals surface area contributed by atoms with Crippen LogP contribution in [0.5, 0.6) is 0 Å². The van der Waals surface area contributed by atoms with E-state index in [-0.39, 0.29) is 16.2 Å². The summed E-state index contributed by atoms with van der Waals surface area (Å²) in [4.78, 5) is 10.3. The molecule has 1 fully saturated rings. The zero-order chi connectivity index (χ0) is 12.6. The number of halogens is 2. The van der Waals surface area contributed by atoms with Gasteiger partial charge in [0.05, 0.1) is 15.5 Å². The van der Waals surface area contributed by atoms with Crippen LogP contribution in [0.4, 0.5) is 15.8 Å². The second-order valence-electron chi connectivity index (χ2n) is 4.31. The van der Waals surface area contributed by atoms with Crippen molar-refractivity contribution in [2.75, 3.05) is 5.32 Å². The first-order valence-electron chi connectivity index (χ1n) is 5.39. The molecule has 1 saturated carbocycles. The van der Waals surface area contributed by atoms with Gasteiger partial charge in [-0.15, -0.1) is 0 Å². The molecule has 6 heteroatoms. The molecule has 0 radical (unpaired) electrons. The quantitative estimate of drug-likeness (QED) is 0.681. The molecule has 0 heterocycles. The first kappa shape index (κ1) is 12.3. The summed E-state index contributed by atoms with van der Waals surface area (Å²) < 4.78 is 13.5. The summed E-state index contributed by atoms with van der Waals surface area (Å²) in [5.41, 5.74) is 0.140. The summed E-state index contributed by atoms with van der Waals surface area (Å²) in [5, 5.41) is 13.9. The van der Waals surface area contributed by atoms with Gasteiger partial charge in [0, 0.05) is 6.04 Å². The maximum absolute atomic E-state index is 13.2. The number of nitro benzene ring substituents is 1. The summed E-state index contributed by atoms with van der Waals surface area (Å²) in [6, 6.07) is 2.53. The monoisotopic (exact) mass is 302 g/mol. The van der Waals surface area contributed by atoms with Crippen molar-refractivity contribution in [2.24, 2.45) is 5.92 Å². The Morgan fingerprint density at radius 2 is 2.24 bits per heavy atom. The van der Waals surface area contributed by atoms with E-state index in [1.165, 1.54) is 6.07 Å². The second kappa shape index (κ2) is 4.60. The van der Waals surface area contributed by atoms with Crippen molar-refractivity contribution in [2.45, 2.75) is 25.8 Å². The van der Waals surface area contributed by atoms with Crippen molar-refractivity contribution >= 4 is 27.3 Å². The zero-order valence-electron chi connectivity index (χ0n) is 9.24. The maximum atomic E-state index is 13.2. The molecule has 0 saturated heterocycles. The molecule has 0 amide bonds. The van der Waals surface area contributed by atoms with E-state index in [4.69, 9.17) is 0 Å². The van der Waals surface area contributed by atoms with E-state index in [0.717, 1.165) is 18.9 Å². The second-order valence-corrected chi connectivity index (χ2v) is 5.17. The van der Waals surface area contributed by atoms with E-state index < -0.39 is 10.7 Å². The van der Waals surface area contributed by atoms with E-state index in [1.807, 2.05) is 6.92 Å². The number of benzene rings is 1. The molecule has 1 N–H and O–H groups in total. The fourth-order valence-corrected chi connectivity index (χ4v) is 2.11. The molecular formula is C11H12BrFN2O2. The highest BCUT2D eigenvalue weighted by Crippen LogP contribution is 2.37. The molecule has 17 heavy (non-hydrogen) atoms. The summed E-state index contributed by atoms with van der Waals surface area (Å²) in [6.07, 6.45) is 2.29. The summed E-state index contributed by atoms with van der Waals surface area (Å²) in [5.74, 6) is -0.0558. The molecule has 2 rings (SSSR count). The molecule has 1 atom stereocenters. The van der Waals surface area contributed by atoms with Gasteiger partial charge < -0.3 is 5.32 Å². The van der Waals surface area contributed by atoms with Gasteiger partial charge in [-0.05, 0) is 47.7 Å². The minimum atomic E-state index is -0.624. The van der Waals surface area contributed by atoms with Crippen LogP contribution >= 0.6 is 15.9 Å². The van der Waals surface area contributed by atoms with E-state index in [9.17, 15) is 14.5 Å². The van der Waals surface area contributed by atoms with Crippen LogP contribution in [0.1, 0.15) is 19.8 Å². The lowest BCUT2D eigenvalue weighted by Gasteiger charge is -2.14. The summed E-state index contributed by atoms with van der Waals surface area (Å²) >= 11 is 3.03. The number of nitro groups is 1. The largest absolute Gasteiger partial charge is 0.377 e. The van der Waals surface area contributed by atoms with Crippen molar-refractivity contribution in [1.82, 2.24) is 0 Å². The van der Waals surface area contributed by atoms with Gasteiger partial charge in [0.15, 0.2) is 0 Å². The number of nitrogens with one attached hydrogen (secondary N) is 1. The van der Waals surface area contributed by atoms with Crippen LogP contribution in [0, 0.1) is 21.8 Å². The Kier molecular flexibility index (Phi) is 3.33. The fourth-order valence-electron chi connectivity index (χ4n) is 1.76. The van der Waals surface area contributed by atoms with Gasteiger partial charge in [0.1, 0.15) is 11.5 Å². The Morgan fingerprint density at radius 3 is 2.76 bits per heavy atom. The smallest absolute Gasteiger partial charge is 0.295 e. The lowest BCUT2D eigenvalue weighted by atomic mass is 10.2. The van der Waals surface area contributed by atoms with Crippen LogP contribution in [-0.2, 0) is 0 Å². The van der Waals surface area contributed by atoms with Crippen molar-refractivity contribution in [3.8, 4) is 0 Å². The van der Waals surface area contributed by atoms with Crippen LogP contribution in [-0.4, -0.2) is 11.0 Å². The third-order valence-electron chi connectivity index (χ3n) is 2.95. The Morgan fingerprint density at radius 1 is 1.59 bits per heavy atom. The van der Waals surface area contributed by atoms with Gasteiger partial charge in [-0.1, -0.05) is 0 Å². The normalized spacial score (nSPS) is 16.6. The van der Waals surface area contributed by atoms with Gasteiger partial charge in [-0.2, -0.15) is 0 Å². The van der Waals surface area contributed by atoms with Crippen LogP contribution in [0.25, 0.3) is 0 Å². The fraction of sp³-hybridized carbons (Fsp3) is 0.455. The maximum Gasteiger partial charge on any atom is 0.295 e. The Balaban J connectivity index is 2.29. The number of anilines is 1. The van der Waals surface area contributed by atoms with Crippen LogP contribution < -0.4 is 5.32 Å². The highest BCUT2D eigenvalue weighted by Gasteiger charge is 2.29. The van der Waals surface area contributed by atoms with Gasteiger partial charge in [0.25, 0.3) is 5.69 Å². The molecule has 1 aliphatic carbocycles. The highest BCUT2D eigenvalue weighted by atomic mass is 79.9. The molecule has 1 unspecified atom stereocenters. The van der Waals surface area contributed by atoms with E-state index in [0.29, 0.717) is 11.6 Å². The van der Waals surface area contributed by atoms with Crippen molar-refractivity contribution < 1.29 is 9.31 Å². The molecule has 1 aliphatic rings. The predicted octanol–water partition coefficient (Wildman–Crippen LogP) is 3.71. The number of hydrogen-bond donors (Lipinski definition) is 1. The third-order valence-corrected chi connectivity index (χ3v) is 3.56. The zero-order valence-corrected chi connectivity index (χ0v) is 10.8. The average molecular weight is 303 g/mol. The first-order chi connectivity index (χ1) is 7.99. The third kappa shape index (κ3) is 2.74. The Hall–Kier alpha value is -1.17. The van der Waals surface area contributed by atoms with Crippen LogP contribution in [0.15, 0.2) is 16.6 Å². The number of hydrogen-bond acceptors (Lipinski definition) is 3. The molecule has 0 aliphatic heterocycles. The lowest BCUT2D eigenvalue weighted by molar-refractivity contribution is -0.384. The molecule has 1 aromatic carbocycles. The molecule has 0 bridgehead atoms. The number of nitrogens with zero attached hydrogens (tertiary/aromatic N) is 1. The van der Waals surface area contributed by atoms with E-state index in [2.05, 4.69) is 21.2 Å². The van der Waals surface area contributed by atoms with E-state index >= 15 is 0 Å². The molecule has 0 spiro atoms. The minimum Gasteiger partial charge on any atom is -0.377 e. The predicted molar refractivity (Wildman–Crippen MR) is 66.6 cm³/mol. The summed E-state index contributed by atoms with van der Waals surface area (Å²) in [6.45, 7) is 1.98. The van der Waals surface area contributed by atoms with Gasteiger partial charge in [0.2, 0.25) is 0 Å². The van der Waals surface area contributed by atoms with Crippen LogP contribution in [0.3, 0.4) is 0 Å². The van der Waals surface area contributed by atoms with E-state index in [1.54, 1.807) is 0 Å². The minimum absolute atomic E-state index is 0.172. The topological polar surface area (TPSA) is 55.2 Å². The SMILES string of the molecule is CC(Nc1cc(Br)c(F)cc1[N+](=O)[O-])C1CC1. The van der Waals surface area contributed by atoms with Crippen LogP contribution in [0.2, 0.25) is 0 Å². The van der Waals surface area contributed by atoms with Crippen molar-refractivity contribution in [1.29, 1.82) is 0 Å². The van der Waals surface area contributed by atoms with Gasteiger partial charge >= 0.3 is 0 Å². The average Bonchev–Trinajstić information content (AvgIpc) is 3.06. The molecular weight excluding hydrogens is 291 g/mol. The Labute approximate surface area is 106 Å².